The minimum Gasteiger partial charge on any atom is -0.388 e. The minimum atomic E-state index is 0.365. The highest BCUT2D eigenvalue weighted by Crippen LogP contribution is 2.27. The van der Waals surface area contributed by atoms with Gasteiger partial charge < -0.3 is 10.6 Å². The van der Waals surface area contributed by atoms with E-state index in [1.165, 1.54) is 18.5 Å². The molecular formula is C13H19N3S. The lowest BCUT2D eigenvalue weighted by Gasteiger charge is -2.38. The zero-order valence-electron chi connectivity index (χ0n) is 10.4. The van der Waals surface area contributed by atoms with E-state index in [1.54, 1.807) is 6.20 Å². The Kier molecular flexibility index (Phi) is 3.62. The molecule has 1 aliphatic heterocycles. The van der Waals surface area contributed by atoms with Gasteiger partial charge in [0, 0.05) is 24.5 Å². The highest BCUT2D eigenvalue weighted by atomic mass is 32.1. The van der Waals surface area contributed by atoms with E-state index in [4.69, 9.17) is 18.0 Å². The molecule has 0 saturated carbocycles. The fourth-order valence-electron chi connectivity index (χ4n) is 2.38. The van der Waals surface area contributed by atoms with Crippen molar-refractivity contribution in [1.29, 1.82) is 0 Å². The van der Waals surface area contributed by atoms with Crippen molar-refractivity contribution < 1.29 is 0 Å². The molecule has 3 nitrogen and oxygen atoms in total. The number of thiocarbonyl (C=S) groups is 1. The van der Waals surface area contributed by atoms with E-state index in [2.05, 4.69) is 23.7 Å². The molecule has 0 aromatic carbocycles. The molecule has 17 heavy (non-hydrogen) atoms. The maximum atomic E-state index is 5.62. The Bertz CT molecular complexity index is 419. The molecule has 1 aromatic rings. The van der Waals surface area contributed by atoms with Crippen LogP contribution in [0.4, 0.5) is 5.69 Å². The number of nitrogens with two attached hydrogens (primary N) is 1. The van der Waals surface area contributed by atoms with Gasteiger partial charge in [0.2, 0.25) is 0 Å². The number of nitrogens with zero attached hydrogens (tertiary/aromatic N) is 2. The fourth-order valence-corrected chi connectivity index (χ4v) is 2.49. The van der Waals surface area contributed by atoms with E-state index in [0.29, 0.717) is 16.7 Å². The monoisotopic (exact) mass is 249 g/mol. The standard InChI is InChI=1S/C13H19N3S/c1-9-3-4-10(2)16(8-9)11-5-6-15-12(7-11)13(14)17/h5-7,9-10H,3-4,8H2,1-2H3,(H2,14,17). The Balaban J connectivity index is 2.26. The van der Waals surface area contributed by atoms with Crippen LogP contribution in [0.1, 0.15) is 32.4 Å². The van der Waals surface area contributed by atoms with Gasteiger partial charge in [0.25, 0.3) is 0 Å². The van der Waals surface area contributed by atoms with Crippen molar-refractivity contribution in [2.45, 2.75) is 32.7 Å². The van der Waals surface area contributed by atoms with Crippen molar-refractivity contribution in [3.8, 4) is 0 Å². The Morgan fingerprint density at radius 1 is 1.47 bits per heavy atom. The summed E-state index contributed by atoms with van der Waals surface area (Å²) in [6, 6.07) is 4.61. The number of rotatable bonds is 2. The van der Waals surface area contributed by atoms with Crippen molar-refractivity contribution in [3.63, 3.8) is 0 Å². The minimum absolute atomic E-state index is 0.365. The second-order valence-electron chi connectivity index (χ2n) is 4.95. The fraction of sp³-hybridized carbons (Fsp3) is 0.538. The zero-order valence-corrected chi connectivity index (χ0v) is 11.2. The summed E-state index contributed by atoms with van der Waals surface area (Å²) in [5, 5.41) is 0. The lowest BCUT2D eigenvalue weighted by atomic mass is 9.94. The van der Waals surface area contributed by atoms with E-state index in [9.17, 15) is 0 Å². The summed E-state index contributed by atoms with van der Waals surface area (Å²) >= 11 is 4.97. The largest absolute Gasteiger partial charge is 0.388 e. The van der Waals surface area contributed by atoms with Gasteiger partial charge in [0.15, 0.2) is 0 Å². The number of anilines is 1. The van der Waals surface area contributed by atoms with Crippen molar-refractivity contribution in [2.75, 3.05) is 11.4 Å². The third-order valence-electron chi connectivity index (χ3n) is 3.45. The average molecular weight is 249 g/mol. The second kappa shape index (κ2) is 5.00. The molecule has 0 radical (unpaired) electrons. The maximum absolute atomic E-state index is 5.62. The van der Waals surface area contributed by atoms with Gasteiger partial charge in [-0.1, -0.05) is 19.1 Å². The summed E-state index contributed by atoms with van der Waals surface area (Å²) in [5.74, 6) is 0.743. The number of aromatic nitrogens is 1. The number of hydrogen-bond donors (Lipinski definition) is 1. The highest BCUT2D eigenvalue weighted by Gasteiger charge is 2.23. The molecule has 0 aliphatic carbocycles. The molecule has 1 aromatic heterocycles. The van der Waals surface area contributed by atoms with E-state index in [-0.39, 0.29) is 0 Å². The van der Waals surface area contributed by atoms with Gasteiger partial charge in [-0.15, -0.1) is 0 Å². The van der Waals surface area contributed by atoms with Crippen molar-refractivity contribution in [2.24, 2.45) is 11.7 Å². The van der Waals surface area contributed by atoms with Crippen LogP contribution < -0.4 is 10.6 Å². The molecule has 1 fully saturated rings. The molecule has 1 saturated heterocycles. The van der Waals surface area contributed by atoms with Crippen LogP contribution in [0.15, 0.2) is 18.3 Å². The maximum Gasteiger partial charge on any atom is 0.122 e. The smallest absolute Gasteiger partial charge is 0.122 e. The quantitative estimate of drug-likeness (QED) is 0.817. The van der Waals surface area contributed by atoms with Gasteiger partial charge in [-0.05, 0) is 37.8 Å². The molecule has 1 aliphatic rings. The summed E-state index contributed by atoms with van der Waals surface area (Å²) in [6.07, 6.45) is 4.34. The van der Waals surface area contributed by atoms with E-state index >= 15 is 0 Å². The summed E-state index contributed by atoms with van der Waals surface area (Å²) in [5.41, 5.74) is 7.52. The molecule has 4 heteroatoms. The normalized spacial score (nSPS) is 24.7. The Hall–Kier alpha value is -1.16. The first kappa shape index (κ1) is 12.3. The Morgan fingerprint density at radius 3 is 2.94 bits per heavy atom. The molecule has 2 unspecified atom stereocenters. The summed E-state index contributed by atoms with van der Waals surface area (Å²) in [7, 11) is 0. The van der Waals surface area contributed by atoms with Crippen LogP contribution in [0, 0.1) is 5.92 Å². The number of piperidine rings is 1. The first-order valence-electron chi connectivity index (χ1n) is 6.10. The Labute approximate surface area is 108 Å². The van der Waals surface area contributed by atoms with Gasteiger partial charge in [-0.25, -0.2) is 0 Å². The summed E-state index contributed by atoms with van der Waals surface area (Å²) in [4.78, 5) is 6.98. The predicted molar refractivity (Wildman–Crippen MR) is 75.3 cm³/mol. The SMILES string of the molecule is CC1CCC(C)N(c2ccnc(C(N)=S)c2)C1. The van der Waals surface area contributed by atoms with Gasteiger partial charge in [0.05, 0.1) is 5.69 Å². The Morgan fingerprint density at radius 2 is 2.24 bits per heavy atom. The molecule has 2 atom stereocenters. The van der Waals surface area contributed by atoms with Crippen molar-refractivity contribution in [1.82, 2.24) is 4.98 Å². The molecule has 2 heterocycles. The zero-order chi connectivity index (χ0) is 12.4. The molecule has 0 bridgehead atoms. The van der Waals surface area contributed by atoms with Gasteiger partial charge in [-0.3, -0.25) is 4.98 Å². The lowest BCUT2D eigenvalue weighted by molar-refractivity contribution is 0.390. The summed E-state index contributed by atoms with van der Waals surface area (Å²) < 4.78 is 0. The molecular weight excluding hydrogens is 230 g/mol. The number of hydrogen-bond acceptors (Lipinski definition) is 3. The molecule has 0 spiro atoms. The van der Waals surface area contributed by atoms with Crippen LogP contribution >= 0.6 is 12.2 Å². The highest BCUT2D eigenvalue weighted by molar-refractivity contribution is 7.80. The van der Waals surface area contributed by atoms with Gasteiger partial charge in [0.1, 0.15) is 4.99 Å². The van der Waals surface area contributed by atoms with Gasteiger partial charge >= 0.3 is 0 Å². The van der Waals surface area contributed by atoms with Crippen LogP contribution in [0.5, 0.6) is 0 Å². The van der Waals surface area contributed by atoms with Gasteiger partial charge in [-0.2, -0.15) is 0 Å². The van der Waals surface area contributed by atoms with Crippen LogP contribution in [0.25, 0.3) is 0 Å². The van der Waals surface area contributed by atoms with Crippen LogP contribution in [0.2, 0.25) is 0 Å². The van der Waals surface area contributed by atoms with Crippen LogP contribution in [0.3, 0.4) is 0 Å². The lowest BCUT2D eigenvalue weighted by Crippen LogP contribution is -2.41. The molecule has 0 amide bonds. The van der Waals surface area contributed by atoms with E-state index in [1.807, 2.05) is 12.1 Å². The first-order valence-corrected chi connectivity index (χ1v) is 6.51. The first-order chi connectivity index (χ1) is 8.08. The molecule has 92 valence electrons. The van der Waals surface area contributed by atoms with Crippen LogP contribution in [-0.4, -0.2) is 22.6 Å². The van der Waals surface area contributed by atoms with E-state index < -0.39 is 0 Å². The van der Waals surface area contributed by atoms with E-state index in [0.717, 1.165) is 12.5 Å². The third kappa shape index (κ3) is 2.75. The predicted octanol–water partition coefficient (Wildman–Crippen LogP) is 2.34. The third-order valence-corrected chi connectivity index (χ3v) is 3.65. The topological polar surface area (TPSA) is 42.2 Å². The van der Waals surface area contributed by atoms with Crippen LogP contribution in [-0.2, 0) is 0 Å². The van der Waals surface area contributed by atoms with Crippen molar-refractivity contribution >= 4 is 22.9 Å². The average Bonchev–Trinajstić information content (AvgIpc) is 2.32. The second-order valence-corrected chi connectivity index (χ2v) is 5.39. The summed E-state index contributed by atoms with van der Waals surface area (Å²) in [6.45, 7) is 5.67. The van der Waals surface area contributed by atoms with Crippen molar-refractivity contribution in [3.05, 3.63) is 24.0 Å². The molecule has 2 rings (SSSR count). The molecule has 2 N–H and O–H groups in total. The number of pyridine rings is 1.